The van der Waals surface area contributed by atoms with Gasteiger partial charge in [-0.05, 0) is 37.5 Å². The maximum Gasteiger partial charge on any atom is 0.264 e. The Morgan fingerprint density at radius 3 is 1.52 bits per heavy atom. The highest BCUT2D eigenvalue weighted by molar-refractivity contribution is 8.13. The zero-order valence-electron chi connectivity index (χ0n) is 12.5. The molecule has 2 saturated carbocycles. The van der Waals surface area contributed by atoms with Crippen molar-refractivity contribution in [2.45, 2.75) is 38.5 Å². The molecule has 2 rings (SSSR count). The second-order valence-corrected chi connectivity index (χ2v) is 10.1. The highest BCUT2D eigenvalue weighted by atomic mass is 35.7. The third-order valence-corrected chi connectivity index (χ3v) is 3.79. The Bertz CT molecular complexity index is 455. The van der Waals surface area contributed by atoms with Gasteiger partial charge in [0.1, 0.15) is 0 Å². The van der Waals surface area contributed by atoms with Crippen molar-refractivity contribution < 1.29 is 26.1 Å². The number of halogens is 1. The smallest absolute Gasteiger partial charge is 0.264 e. The molecule has 0 aromatic carbocycles. The molecule has 0 amide bonds. The Hall–Kier alpha value is 0.110. The molecule has 0 saturated heterocycles. The van der Waals surface area contributed by atoms with Gasteiger partial charge in [-0.2, -0.15) is 8.42 Å². The van der Waals surface area contributed by atoms with E-state index in [1.54, 1.807) is 0 Å². The van der Waals surface area contributed by atoms with Crippen molar-refractivity contribution >= 4 is 29.9 Å². The van der Waals surface area contributed by atoms with Crippen LogP contribution in [-0.4, -0.2) is 47.7 Å². The maximum atomic E-state index is 10.5. The van der Waals surface area contributed by atoms with Crippen molar-refractivity contribution in [3.63, 3.8) is 0 Å². The Morgan fingerprint density at radius 2 is 1.38 bits per heavy atom. The van der Waals surface area contributed by atoms with Gasteiger partial charge in [0.15, 0.2) is 0 Å². The summed E-state index contributed by atoms with van der Waals surface area (Å²) in [5.41, 5.74) is 0. The fraction of sp³-hybridized carbons (Fsp3) is 1.00. The highest BCUT2D eigenvalue weighted by Crippen LogP contribution is 2.26. The number of aliphatic hydroxyl groups excluding tert-OH is 1. The van der Waals surface area contributed by atoms with Crippen molar-refractivity contribution in [2.24, 2.45) is 11.8 Å². The molecular formula is C12H25ClO6S2. The molecule has 2 aliphatic rings. The van der Waals surface area contributed by atoms with E-state index in [-0.39, 0.29) is 0 Å². The molecule has 21 heavy (non-hydrogen) atoms. The summed E-state index contributed by atoms with van der Waals surface area (Å²) in [6.07, 6.45) is 9.33. The van der Waals surface area contributed by atoms with Gasteiger partial charge in [0, 0.05) is 17.3 Å². The second kappa shape index (κ2) is 9.99. The zero-order chi connectivity index (χ0) is 16.5. The van der Waals surface area contributed by atoms with Crippen molar-refractivity contribution in [3.8, 4) is 0 Å². The van der Waals surface area contributed by atoms with Crippen molar-refractivity contribution in [1.82, 2.24) is 0 Å². The first-order valence-electron chi connectivity index (χ1n) is 6.86. The third kappa shape index (κ3) is 16.3. The SMILES string of the molecule is CS(=O)(=O)Cl.CS(=O)(=O)OCC1CCC1.OCC1CCC1. The molecular weight excluding hydrogens is 340 g/mol. The van der Waals surface area contributed by atoms with E-state index in [2.05, 4.69) is 14.9 Å². The van der Waals surface area contributed by atoms with E-state index in [0.717, 1.165) is 25.4 Å². The Balaban J connectivity index is 0.000000312. The van der Waals surface area contributed by atoms with Crippen LogP contribution in [0.4, 0.5) is 0 Å². The first kappa shape index (κ1) is 21.1. The molecule has 0 aliphatic heterocycles. The monoisotopic (exact) mass is 364 g/mol. The molecule has 2 fully saturated rings. The van der Waals surface area contributed by atoms with Crippen molar-refractivity contribution in [3.05, 3.63) is 0 Å². The first-order valence-corrected chi connectivity index (χ1v) is 11.4. The molecule has 0 spiro atoms. The molecule has 0 bridgehead atoms. The molecule has 0 radical (unpaired) electrons. The van der Waals surface area contributed by atoms with E-state index in [9.17, 15) is 16.8 Å². The van der Waals surface area contributed by atoms with Crippen molar-refractivity contribution in [1.29, 1.82) is 0 Å². The van der Waals surface area contributed by atoms with E-state index in [1.807, 2.05) is 0 Å². The van der Waals surface area contributed by atoms with Gasteiger partial charge in [0.2, 0.25) is 9.05 Å². The number of rotatable bonds is 4. The fourth-order valence-corrected chi connectivity index (χ4v) is 1.99. The lowest BCUT2D eigenvalue weighted by Crippen LogP contribution is -2.19. The lowest BCUT2D eigenvalue weighted by atomic mass is 9.86. The molecule has 0 heterocycles. The average molecular weight is 365 g/mol. The minimum absolute atomic E-state index is 0.388. The summed E-state index contributed by atoms with van der Waals surface area (Å²) >= 11 is 0. The van der Waals surface area contributed by atoms with E-state index in [1.165, 1.54) is 25.7 Å². The number of hydrogen-bond donors (Lipinski definition) is 1. The normalized spacial score (nSPS) is 19.2. The number of aliphatic hydroxyl groups is 1. The summed E-state index contributed by atoms with van der Waals surface area (Å²) in [5, 5.41) is 8.39. The maximum absolute atomic E-state index is 10.5. The minimum atomic E-state index is -3.20. The summed E-state index contributed by atoms with van der Waals surface area (Å²) in [7, 11) is -1.89. The van der Waals surface area contributed by atoms with E-state index in [4.69, 9.17) is 5.11 Å². The van der Waals surface area contributed by atoms with E-state index < -0.39 is 19.2 Å². The fourth-order valence-electron chi connectivity index (χ4n) is 1.55. The van der Waals surface area contributed by atoms with Crippen LogP contribution in [0.3, 0.4) is 0 Å². The van der Waals surface area contributed by atoms with Crippen LogP contribution >= 0.6 is 10.7 Å². The second-order valence-electron chi connectivity index (χ2n) is 5.45. The van der Waals surface area contributed by atoms with Gasteiger partial charge in [0.25, 0.3) is 10.1 Å². The quantitative estimate of drug-likeness (QED) is 0.602. The van der Waals surface area contributed by atoms with Crippen LogP contribution in [0.15, 0.2) is 0 Å². The molecule has 0 unspecified atom stereocenters. The first-order chi connectivity index (χ1) is 9.51. The van der Waals surface area contributed by atoms with Crippen LogP contribution in [0.25, 0.3) is 0 Å². The average Bonchev–Trinajstić information content (AvgIpc) is 2.09. The minimum Gasteiger partial charge on any atom is -0.396 e. The molecule has 6 nitrogen and oxygen atoms in total. The van der Waals surface area contributed by atoms with Crippen LogP contribution in [0, 0.1) is 11.8 Å². The topological polar surface area (TPSA) is 97.7 Å². The van der Waals surface area contributed by atoms with Crippen LogP contribution in [0.2, 0.25) is 0 Å². The number of hydrogen-bond acceptors (Lipinski definition) is 6. The summed E-state index contributed by atoms with van der Waals surface area (Å²) < 4.78 is 44.3. The van der Waals surface area contributed by atoms with Crippen LogP contribution < -0.4 is 0 Å². The lowest BCUT2D eigenvalue weighted by molar-refractivity contribution is 0.163. The summed E-state index contributed by atoms with van der Waals surface area (Å²) in [6.45, 7) is 0.804. The molecule has 0 atom stereocenters. The molecule has 9 heteroatoms. The van der Waals surface area contributed by atoms with E-state index in [0.29, 0.717) is 25.0 Å². The summed E-state index contributed by atoms with van der Waals surface area (Å²) in [4.78, 5) is 0. The molecule has 128 valence electrons. The van der Waals surface area contributed by atoms with Crippen LogP contribution in [-0.2, 0) is 23.4 Å². The molecule has 0 aromatic rings. The molecule has 2 aliphatic carbocycles. The summed E-state index contributed by atoms with van der Waals surface area (Å²) in [6, 6.07) is 0. The predicted molar refractivity (Wildman–Crippen MR) is 83.3 cm³/mol. The molecule has 0 aromatic heterocycles. The van der Waals surface area contributed by atoms with Gasteiger partial charge in [0.05, 0.1) is 19.1 Å². The van der Waals surface area contributed by atoms with E-state index >= 15 is 0 Å². The van der Waals surface area contributed by atoms with Gasteiger partial charge in [-0.15, -0.1) is 0 Å². The van der Waals surface area contributed by atoms with Gasteiger partial charge >= 0.3 is 0 Å². The van der Waals surface area contributed by atoms with Crippen LogP contribution in [0.1, 0.15) is 38.5 Å². The lowest BCUT2D eigenvalue weighted by Gasteiger charge is -2.23. The predicted octanol–water partition coefficient (Wildman–Crippen LogP) is 1.73. The largest absolute Gasteiger partial charge is 0.396 e. The zero-order valence-corrected chi connectivity index (χ0v) is 14.9. The summed E-state index contributed by atoms with van der Waals surface area (Å²) in [5.74, 6) is 1.17. The Labute approximate surface area is 132 Å². The van der Waals surface area contributed by atoms with Gasteiger partial charge < -0.3 is 5.11 Å². The Morgan fingerprint density at radius 1 is 1.00 bits per heavy atom. The molecule has 1 N–H and O–H groups in total. The third-order valence-electron chi connectivity index (χ3n) is 3.23. The van der Waals surface area contributed by atoms with Crippen molar-refractivity contribution in [2.75, 3.05) is 25.7 Å². The standard InChI is InChI=1S/C6H12O3S.C5H10O.CH3ClO2S/c1-10(7,8)9-5-6-3-2-4-6;6-4-5-2-1-3-5;1-5(2,3)4/h6H,2-5H2,1H3;5-6H,1-4H2;1H3. The highest BCUT2D eigenvalue weighted by Gasteiger charge is 2.19. The van der Waals surface area contributed by atoms with Gasteiger partial charge in [-0.25, -0.2) is 8.42 Å². The van der Waals surface area contributed by atoms with Crippen LogP contribution in [0.5, 0.6) is 0 Å². The van der Waals surface area contributed by atoms with Gasteiger partial charge in [-0.1, -0.05) is 12.8 Å². The van der Waals surface area contributed by atoms with Gasteiger partial charge in [-0.3, -0.25) is 4.18 Å². The Kier molecular flexibility index (Phi) is 10.0.